The summed E-state index contributed by atoms with van der Waals surface area (Å²) in [6, 6.07) is 3.65. The van der Waals surface area contributed by atoms with Crippen molar-refractivity contribution < 1.29 is 14.0 Å². The first kappa shape index (κ1) is 15.4. The third-order valence-electron chi connectivity index (χ3n) is 2.27. The fourth-order valence-electron chi connectivity index (χ4n) is 1.27. The lowest BCUT2D eigenvalue weighted by atomic mass is 10.2. The Hall–Kier alpha value is -1.63. The molecule has 0 aliphatic rings. The van der Waals surface area contributed by atoms with E-state index in [0.717, 1.165) is 6.07 Å². The third kappa shape index (κ3) is 4.86. The average molecular weight is 332 g/mol. The van der Waals surface area contributed by atoms with Gasteiger partial charge < -0.3 is 15.5 Å². The van der Waals surface area contributed by atoms with Crippen molar-refractivity contribution in [3.05, 3.63) is 34.1 Å². The van der Waals surface area contributed by atoms with Crippen LogP contribution in [0.2, 0.25) is 0 Å². The molecule has 0 radical (unpaired) electrons. The van der Waals surface area contributed by atoms with Gasteiger partial charge in [0.1, 0.15) is 5.82 Å². The van der Waals surface area contributed by atoms with Crippen molar-refractivity contribution in [1.82, 2.24) is 15.5 Å². The molecule has 0 aliphatic heterocycles. The van der Waals surface area contributed by atoms with Gasteiger partial charge in [0.15, 0.2) is 0 Å². The lowest BCUT2D eigenvalue weighted by Crippen LogP contribution is -2.39. The number of hydrogen-bond acceptors (Lipinski definition) is 2. The summed E-state index contributed by atoms with van der Waals surface area (Å²) in [7, 11) is 3.25. The van der Waals surface area contributed by atoms with Gasteiger partial charge >= 0.3 is 6.03 Å². The molecule has 0 fully saturated rings. The van der Waals surface area contributed by atoms with Gasteiger partial charge in [-0.15, -0.1) is 0 Å². The topological polar surface area (TPSA) is 61.4 Å². The number of rotatable bonds is 4. The predicted molar refractivity (Wildman–Crippen MR) is 73.5 cm³/mol. The smallest absolute Gasteiger partial charge is 0.316 e. The lowest BCUT2D eigenvalue weighted by Gasteiger charge is -2.12. The maximum atomic E-state index is 13.0. The van der Waals surface area contributed by atoms with E-state index in [-0.39, 0.29) is 18.1 Å². The van der Waals surface area contributed by atoms with Gasteiger partial charge in [-0.25, -0.2) is 9.18 Å². The number of halogens is 2. The molecule has 0 spiro atoms. The lowest BCUT2D eigenvalue weighted by molar-refractivity contribution is 0.0952. The Labute approximate surface area is 119 Å². The van der Waals surface area contributed by atoms with E-state index in [1.54, 1.807) is 14.1 Å². The zero-order valence-corrected chi connectivity index (χ0v) is 12.3. The van der Waals surface area contributed by atoms with Crippen LogP contribution >= 0.6 is 15.9 Å². The summed E-state index contributed by atoms with van der Waals surface area (Å²) in [5.41, 5.74) is 0.221. The third-order valence-corrected chi connectivity index (χ3v) is 2.96. The summed E-state index contributed by atoms with van der Waals surface area (Å²) in [5.74, 6) is -0.875. The second-order valence-electron chi connectivity index (χ2n) is 4.01. The molecule has 19 heavy (non-hydrogen) atoms. The van der Waals surface area contributed by atoms with Crippen molar-refractivity contribution in [2.45, 2.75) is 0 Å². The van der Waals surface area contributed by atoms with Crippen LogP contribution in [0.15, 0.2) is 22.7 Å². The first-order valence-corrected chi connectivity index (χ1v) is 6.39. The molecule has 0 saturated carbocycles. The first-order valence-electron chi connectivity index (χ1n) is 5.60. The van der Waals surface area contributed by atoms with Crippen LogP contribution in [0.3, 0.4) is 0 Å². The molecule has 0 aliphatic carbocycles. The van der Waals surface area contributed by atoms with E-state index >= 15 is 0 Å². The molecule has 5 nitrogen and oxygen atoms in total. The fourth-order valence-corrected chi connectivity index (χ4v) is 1.70. The van der Waals surface area contributed by atoms with E-state index in [1.807, 2.05) is 0 Å². The van der Waals surface area contributed by atoms with E-state index in [2.05, 4.69) is 26.6 Å². The number of nitrogens with zero attached hydrogens (tertiary/aromatic N) is 1. The number of carbonyl (C=O) groups is 2. The zero-order chi connectivity index (χ0) is 14.4. The molecular formula is C12H15BrFN3O2. The van der Waals surface area contributed by atoms with Gasteiger partial charge in [0.05, 0.1) is 5.56 Å². The Morgan fingerprint density at radius 1 is 1.26 bits per heavy atom. The molecule has 1 aromatic carbocycles. The van der Waals surface area contributed by atoms with Gasteiger partial charge in [-0.2, -0.15) is 0 Å². The van der Waals surface area contributed by atoms with E-state index < -0.39 is 11.7 Å². The summed E-state index contributed by atoms with van der Waals surface area (Å²) in [6.45, 7) is 0.567. The van der Waals surface area contributed by atoms with Crippen LogP contribution in [0.4, 0.5) is 9.18 Å². The van der Waals surface area contributed by atoms with E-state index in [1.165, 1.54) is 17.0 Å². The van der Waals surface area contributed by atoms with Crippen LogP contribution in [0.5, 0.6) is 0 Å². The monoisotopic (exact) mass is 331 g/mol. The summed E-state index contributed by atoms with van der Waals surface area (Å²) in [5, 5.41) is 5.19. The Morgan fingerprint density at radius 3 is 2.53 bits per heavy atom. The van der Waals surface area contributed by atoms with Crippen molar-refractivity contribution in [3.63, 3.8) is 0 Å². The molecule has 0 unspecified atom stereocenters. The molecule has 104 valence electrons. The number of hydrogen-bond donors (Lipinski definition) is 2. The molecule has 0 saturated heterocycles. The highest BCUT2D eigenvalue weighted by Crippen LogP contribution is 2.17. The minimum Gasteiger partial charge on any atom is -0.350 e. The van der Waals surface area contributed by atoms with Crippen LogP contribution < -0.4 is 10.6 Å². The Kier molecular flexibility index (Phi) is 5.75. The maximum Gasteiger partial charge on any atom is 0.316 e. The minimum absolute atomic E-state index is 0.221. The number of nitrogens with one attached hydrogen (secondary N) is 2. The molecule has 1 rings (SSSR count). The molecular weight excluding hydrogens is 317 g/mol. The van der Waals surface area contributed by atoms with Gasteiger partial charge in [-0.05, 0) is 34.1 Å². The molecule has 0 atom stereocenters. The standard InChI is InChI=1S/C12H15BrFN3O2/c1-17(2)12(19)16-6-5-15-11(18)9-7-8(14)3-4-10(9)13/h3-4,7H,5-6H2,1-2H3,(H,15,18)(H,16,19). The first-order chi connectivity index (χ1) is 8.91. The maximum absolute atomic E-state index is 13.0. The summed E-state index contributed by atoms with van der Waals surface area (Å²) in [6.07, 6.45) is 0. The highest BCUT2D eigenvalue weighted by molar-refractivity contribution is 9.10. The number of benzene rings is 1. The van der Waals surface area contributed by atoms with Crippen LogP contribution in [0, 0.1) is 5.82 Å². The van der Waals surface area contributed by atoms with Crippen molar-refractivity contribution >= 4 is 27.9 Å². The predicted octanol–water partition coefficient (Wildman–Crippen LogP) is 1.59. The Balaban J connectivity index is 2.44. The number of carbonyl (C=O) groups excluding carboxylic acids is 2. The number of urea groups is 1. The van der Waals surface area contributed by atoms with Crippen molar-refractivity contribution in [2.75, 3.05) is 27.2 Å². The molecule has 7 heteroatoms. The molecule has 1 aromatic rings. The summed E-state index contributed by atoms with van der Waals surface area (Å²) >= 11 is 3.18. The van der Waals surface area contributed by atoms with Crippen molar-refractivity contribution in [1.29, 1.82) is 0 Å². The average Bonchev–Trinajstić information content (AvgIpc) is 2.36. The zero-order valence-electron chi connectivity index (χ0n) is 10.7. The van der Waals surface area contributed by atoms with Gasteiger partial charge in [0, 0.05) is 31.7 Å². The molecule has 2 N–H and O–H groups in total. The van der Waals surface area contributed by atoms with Gasteiger partial charge in [-0.1, -0.05) is 0 Å². The number of amides is 3. The van der Waals surface area contributed by atoms with E-state index in [0.29, 0.717) is 11.0 Å². The normalized spacial score (nSPS) is 9.89. The Bertz CT molecular complexity index is 480. The molecule has 0 heterocycles. The van der Waals surface area contributed by atoms with Crippen LogP contribution in [0.25, 0.3) is 0 Å². The minimum atomic E-state index is -0.478. The fraction of sp³-hybridized carbons (Fsp3) is 0.333. The second kappa shape index (κ2) is 7.08. The Morgan fingerprint density at radius 2 is 1.89 bits per heavy atom. The van der Waals surface area contributed by atoms with Gasteiger partial charge in [0.2, 0.25) is 0 Å². The van der Waals surface area contributed by atoms with Crippen molar-refractivity contribution in [3.8, 4) is 0 Å². The van der Waals surface area contributed by atoms with E-state index in [9.17, 15) is 14.0 Å². The van der Waals surface area contributed by atoms with Crippen LogP contribution in [0.1, 0.15) is 10.4 Å². The van der Waals surface area contributed by atoms with E-state index in [4.69, 9.17) is 0 Å². The van der Waals surface area contributed by atoms with Crippen LogP contribution in [-0.4, -0.2) is 44.0 Å². The van der Waals surface area contributed by atoms with Crippen LogP contribution in [-0.2, 0) is 0 Å². The second-order valence-corrected chi connectivity index (χ2v) is 4.86. The highest BCUT2D eigenvalue weighted by atomic mass is 79.9. The quantitative estimate of drug-likeness (QED) is 0.823. The van der Waals surface area contributed by atoms with Gasteiger partial charge in [0.25, 0.3) is 5.91 Å². The molecule has 3 amide bonds. The van der Waals surface area contributed by atoms with Crippen molar-refractivity contribution in [2.24, 2.45) is 0 Å². The SMILES string of the molecule is CN(C)C(=O)NCCNC(=O)c1cc(F)ccc1Br. The van der Waals surface area contributed by atoms with Gasteiger partial charge in [-0.3, -0.25) is 4.79 Å². The molecule has 0 aromatic heterocycles. The molecule has 0 bridgehead atoms. The summed E-state index contributed by atoms with van der Waals surface area (Å²) < 4.78 is 13.5. The summed E-state index contributed by atoms with van der Waals surface area (Å²) in [4.78, 5) is 24.4. The highest BCUT2D eigenvalue weighted by Gasteiger charge is 2.10. The largest absolute Gasteiger partial charge is 0.350 e.